The number of carbonyl (C=O) groups excluding carboxylic acids is 1. The van der Waals surface area contributed by atoms with Crippen molar-refractivity contribution in [3.63, 3.8) is 0 Å². The molecule has 2 aromatic carbocycles. The molecule has 0 radical (unpaired) electrons. The van der Waals surface area contributed by atoms with Crippen molar-refractivity contribution in [3.05, 3.63) is 77.1 Å². The number of ether oxygens (including phenoxy) is 2. The number of nitrogens with zero attached hydrogens (tertiary/aromatic N) is 1. The van der Waals surface area contributed by atoms with Crippen LogP contribution in [0.25, 0.3) is 11.1 Å². The Balaban J connectivity index is 1.09. The summed E-state index contributed by atoms with van der Waals surface area (Å²) in [6.07, 6.45) is 3.91. The first-order valence-electron chi connectivity index (χ1n) is 17.4. The minimum Gasteiger partial charge on any atom is -0.490 e. The van der Waals surface area contributed by atoms with E-state index in [2.05, 4.69) is 20.3 Å². The number of rotatable bonds is 21. The van der Waals surface area contributed by atoms with E-state index in [9.17, 15) is 33.6 Å². The fourth-order valence-electron chi connectivity index (χ4n) is 5.75. The van der Waals surface area contributed by atoms with Crippen molar-refractivity contribution < 1.29 is 48.2 Å². The van der Waals surface area contributed by atoms with E-state index in [1.807, 2.05) is 36.5 Å². The number of halogens is 1. The van der Waals surface area contributed by atoms with E-state index >= 15 is 0 Å². The zero-order valence-electron chi connectivity index (χ0n) is 28.7. The Morgan fingerprint density at radius 1 is 0.962 bits per heavy atom. The number of unbranched alkanes of at least 4 members (excludes halogenated alkanes) is 2. The molecule has 2 amide bonds. The van der Waals surface area contributed by atoms with Crippen LogP contribution in [0.3, 0.4) is 0 Å². The molecule has 0 unspecified atom stereocenters. The SMILES string of the molecule is O=C(NCCCCCNS(=O)(=O)c1ccc(Cl)c(COC2(c3cnccc3-c3ccccc3OC3CC3)CC2)c1)N[C@@H](CO)[C@@H](O)[C@H](O)[C@H](O)CO. The van der Waals surface area contributed by atoms with E-state index in [0.717, 1.165) is 48.1 Å². The molecule has 0 aliphatic heterocycles. The van der Waals surface area contributed by atoms with Crippen molar-refractivity contribution in [3.8, 4) is 16.9 Å². The van der Waals surface area contributed by atoms with Crippen LogP contribution >= 0.6 is 11.6 Å². The summed E-state index contributed by atoms with van der Waals surface area (Å²) in [5, 5.41) is 52.9. The fraction of sp³-hybridized carbons (Fsp3) is 0.500. The number of benzene rings is 2. The minimum absolute atomic E-state index is 0.0594. The lowest BCUT2D eigenvalue weighted by Crippen LogP contribution is -2.56. The van der Waals surface area contributed by atoms with Gasteiger partial charge in [-0.1, -0.05) is 36.2 Å². The third-order valence-electron chi connectivity index (χ3n) is 9.13. The largest absolute Gasteiger partial charge is 0.490 e. The molecule has 2 fully saturated rings. The number of nitrogens with one attached hydrogen (secondary N) is 3. The van der Waals surface area contributed by atoms with Crippen LogP contribution in [0.1, 0.15) is 56.1 Å². The molecule has 4 atom stereocenters. The first-order valence-corrected chi connectivity index (χ1v) is 19.3. The Labute approximate surface area is 308 Å². The highest BCUT2D eigenvalue weighted by Gasteiger charge is 2.48. The first-order chi connectivity index (χ1) is 25.0. The molecular formula is C36H47ClN4O10S. The number of hydrogen-bond donors (Lipinski definition) is 8. The molecule has 0 bridgehead atoms. The van der Waals surface area contributed by atoms with Crippen molar-refractivity contribution in [1.82, 2.24) is 20.3 Å². The number of sulfonamides is 1. The van der Waals surface area contributed by atoms with Crippen LogP contribution in [0.2, 0.25) is 5.02 Å². The van der Waals surface area contributed by atoms with Crippen molar-refractivity contribution in [2.75, 3.05) is 26.3 Å². The van der Waals surface area contributed by atoms with Gasteiger partial charge in [-0.3, -0.25) is 4.98 Å². The average molecular weight is 763 g/mol. The Bertz CT molecular complexity index is 1760. The number of aliphatic hydroxyl groups excluding tert-OH is 5. The molecule has 0 saturated heterocycles. The highest BCUT2D eigenvalue weighted by atomic mass is 35.5. The molecule has 5 rings (SSSR count). The Hall–Kier alpha value is -3.38. The van der Waals surface area contributed by atoms with Gasteiger partial charge in [0.25, 0.3) is 0 Å². The van der Waals surface area contributed by atoms with Gasteiger partial charge in [0, 0.05) is 41.6 Å². The molecule has 2 aliphatic rings. The van der Waals surface area contributed by atoms with E-state index in [0.29, 0.717) is 29.8 Å². The van der Waals surface area contributed by atoms with E-state index in [1.54, 1.807) is 12.3 Å². The van der Waals surface area contributed by atoms with E-state index in [-0.39, 0.29) is 30.7 Å². The van der Waals surface area contributed by atoms with Gasteiger partial charge in [-0.25, -0.2) is 17.9 Å². The summed E-state index contributed by atoms with van der Waals surface area (Å²) in [6.45, 7) is -1.05. The molecule has 2 aliphatic carbocycles. The number of amides is 2. The Kier molecular flexibility index (Phi) is 13.9. The third kappa shape index (κ3) is 10.4. The van der Waals surface area contributed by atoms with Crippen LogP contribution in [0, 0.1) is 0 Å². The third-order valence-corrected chi connectivity index (χ3v) is 11.0. The molecule has 16 heteroatoms. The van der Waals surface area contributed by atoms with Gasteiger partial charge in [0.1, 0.15) is 24.1 Å². The fourth-order valence-corrected chi connectivity index (χ4v) is 7.05. The van der Waals surface area contributed by atoms with Crippen LogP contribution in [0.15, 0.2) is 65.8 Å². The average Bonchev–Trinajstić information content (AvgIpc) is 4.10. The summed E-state index contributed by atoms with van der Waals surface area (Å²) in [6, 6.07) is 12.4. The van der Waals surface area contributed by atoms with Crippen LogP contribution in [0.5, 0.6) is 5.75 Å². The van der Waals surface area contributed by atoms with Gasteiger partial charge in [-0.2, -0.15) is 0 Å². The number of hydrogen-bond acceptors (Lipinski definition) is 11. The lowest BCUT2D eigenvalue weighted by molar-refractivity contribution is -0.0902. The Morgan fingerprint density at radius 2 is 1.71 bits per heavy atom. The van der Waals surface area contributed by atoms with Crippen molar-refractivity contribution in [2.45, 2.75) is 92.5 Å². The molecular weight excluding hydrogens is 716 g/mol. The lowest BCUT2D eigenvalue weighted by Gasteiger charge is -2.28. The number of aromatic nitrogens is 1. The molecule has 0 spiro atoms. The monoisotopic (exact) mass is 762 g/mol. The van der Waals surface area contributed by atoms with E-state index < -0.39 is 59.2 Å². The standard InChI is InChI=1S/C36H47ClN4O10S/c37-29-11-10-25(52(48,49)40-16-5-1-4-15-39-35(47)41-30(20-42)33(45)34(46)31(44)21-43)18-23(29)22-50-36(13-14-36)28-19-38-17-12-26(28)27-6-2-3-7-32(27)51-24-8-9-24/h2-3,6-7,10-12,17-19,24,30-31,33-34,40,42-46H,1,4-5,8-9,13-16,20-22H2,(H2,39,41,47)/t30-,31+,33+,34+/m0/s1. The molecule has 284 valence electrons. The summed E-state index contributed by atoms with van der Waals surface area (Å²) in [4.78, 5) is 16.6. The number of para-hydroxylation sites is 1. The van der Waals surface area contributed by atoms with Gasteiger partial charge in [-0.15, -0.1) is 0 Å². The predicted octanol–water partition coefficient (Wildman–Crippen LogP) is 2.33. The van der Waals surface area contributed by atoms with E-state index in [4.69, 9.17) is 26.2 Å². The maximum atomic E-state index is 13.1. The summed E-state index contributed by atoms with van der Waals surface area (Å²) in [5.74, 6) is 0.825. The van der Waals surface area contributed by atoms with Gasteiger partial charge in [0.2, 0.25) is 10.0 Å². The molecule has 8 N–H and O–H groups in total. The number of carbonyl (C=O) groups is 1. The summed E-state index contributed by atoms with van der Waals surface area (Å²) < 4.78 is 41.6. The highest BCUT2D eigenvalue weighted by molar-refractivity contribution is 7.89. The van der Waals surface area contributed by atoms with Gasteiger partial charge >= 0.3 is 6.03 Å². The number of aliphatic hydroxyl groups is 5. The first kappa shape index (κ1) is 39.8. The van der Waals surface area contributed by atoms with Crippen LogP contribution in [-0.4, -0.2) is 102 Å². The highest BCUT2D eigenvalue weighted by Crippen LogP contribution is 2.53. The second kappa shape index (κ2) is 18.1. The zero-order valence-corrected chi connectivity index (χ0v) is 30.2. The molecule has 1 aromatic heterocycles. The van der Waals surface area contributed by atoms with Gasteiger partial charge in [0.05, 0.1) is 42.5 Å². The predicted molar refractivity (Wildman–Crippen MR) is 192 cm³/mol. The van der Waals surface area contributed by atoms with Crippen molar-refractivity contribution in [1.29, 1.82) is 0 Å². The number of pyridine rings is 1. The molecule has 2 saturated carbocycles. The maximum absolute atomic E-state index is 13.1. The maximum Gasteiger partial charge on any atom is 0.315 e. The van der Waals surface area contributed by atoms with Gasteiger partial charge in [0.15, 0.2) is 0 Å². The van der Waals surface area contributed by atoms with E-state index in [1.165, 1.54) is 12.1 Å². The van der Waals surface area contributed by atoms with Gasteiger partial charge < -0.3 is 45.6 Å². The summed E-state index contributed by atoms with van der Waals surface area (Å²) >= 11 is 6.51. The minimum atomic E-state index is -3.86. The molecule has 52 heavy (non-hydrogen) atoms. The van der Waals surface area contributed by atoms with Gasteiger partial charge in [-0.05, 0) is 80.0 Å². The number of urea groups is 1. The lowest BCUT2D eigenvalue weighted by atomic mass is 9.96. The van der Waals surface area contributed by atoms with Crippen LogP contribution in [0.4, 0.5) is 4.79 Å². The van der Waals surface area contributed by atoms with Crippen molar-refractivity contribution >= 4 is 27.7 Å². The molecule has 14 nitrogen and oxygen atoms in total. The Morgan fingerprint density at radius 3 is 2.42 bits per heavy atom. The second-order valence-corrected chi connectivity index (χ2v) is 15.3. The summed E-state index contributed by atoms with van der Waals surface area (Å²) in [5.41, 5.74) is 2.86. The second-order valence-electron chi connectivity index (χ2n) is 13.1. The topological polar surface area (TPSA) is 220 Å². The zero-order chi connectivity index (χ0) is 37.3. The summed E-state index contributed by atoms with van der Waals surface area (Å²) in [7, 11) is -3.86. The smallest absolute Gasteiger partial charge is 0.315 e. The van der Waals surface area contributed by atoms with Crippen LogP contribution < -0.4 is 20.1 Å². The van der Waals surface area contributed by atoms with Crippen molar-refractivity contribution in [2.24, 2.45) is 0 Å². The van der Waals surface area contributed by atoms with Crippen LogP contribution in [-0.2, 0) is 27.0 Å². The normalized spacial score (nSPS) is 17.5. The molecule has 3 aromatic rings. The quantitative estimate of drug-likeness (QED) is 0.0737. The molecule has 1 heterocycles.